The molecule has 1 heteroatoms. The van der Waals surface area contributed by atoms with Gasteiger partial charge in [0.1, 0.15) is 0 Å². The molecule has 0 bridgehead atoms. The van der Waals surface area contributed by atoms with Crippen LogP contribution in [0.3, 0.4) is 0 Å². The topological polar surface area (TPSA) is 12.0 Å². The van der Waals surface area contributed by atoms with Gasteiger partial charge in [-0.25, -0.2) is 0 Å². The summed E-state index contributed by atoms with van der Waals surface area (Å²) in [6.45, 7) is 13.7. The van der Waals surface area contributed by atoms with Crippen LogP contribution in [0.2, 0.25) is 0 Å². The quantitative estimate of drug-likeness (QED) is 0.629. The van der Waals surface area contributed by atoms with E-state index in [1.807, 2.05) is 0 Å². The van der Waals surface area contributed by atoms with E-state index in [2.05, 4.69) is 64.2 Å². The van der Waals surface area contributed by atoms with Crippen molar-refractivity contribution in [3.05, 3.63) is 35.4 Å². The highest BCUT2D eigenvalue weighted by Gasteiger charge is 2.17. The van der Waals surface area contributed by atoms with Gasteiger partial charge in [0.15, 0.2) is 0 Å². The van der Waals surface area contributed by atoms with Gasteiger partial charge in [0.25, 0.3) is 0 Å². The second-order valence-electron chi connectivity index (χ2n) is 6.99. The van der Waals surface area contributed by atoms with Crippen LogP contribution in [0, 0.1) is 5.92 Å². The molecule has 0 aliphatic rings. The summed E-state index contributed by atoms with van der Waals surface area (Å²) in [4.78, 5) is 0. The summed E-state index contributed by atoms with van der Waals surface area (Å²) in [5.41, 5.74) is 3.24. The minimum absolute atomic E-state index is 0.305. The molecule has 0 atom stereocenters. The van der Waals surface area contributed by atoms with Crippen LogP contribution in [0.1, 0.15) is 65.0 Å². The second-order valence-corrected chi connectivity index (χ2v) is 6.99. The molecule has 0 aliphatic carbocycles. The molecule has 0 amide bonds. The van der Waals surface area contributed by atoms with Crippen molar-refractivity contribution in [3.8, 4) is 0 Å². The van der Waals surface area contributed by atoms with E-state index in [0.29, 0.717) is 5.41 Å². The third-order valence-corrected chi connectivity index (χ3v) is 4.24. The molecule has 114 valence electrons. The molecule has 1 aromatic carbocycles. The monoisotopic (exact) mass is 275 g/mol. The van der Waals surface area contributed by atoms with Crippen LogP contribution in [-0.4, -0.2) is 13.1 Å². The van der Waals surface area contributed by atoms with Crippen LogP contribution in [0.4, 0.5) is 0 Å². The van der Waals surface area contributed by atoms with Gasteiger partial charge in [-0.1, -0.05) is 58.9 Å². The molecule has 1 rings (SSSR count). The van der Waals surface area contributed by atoms with E-state index in [4.69, 9.17) is 0 Å². The van der Waals surface area contributed by atoms with Crippen molar-refractivity contribution in [2.24, 2.45) is 5.92 Å². The molecule has 0 fully saturated rings. The minimum atomic E-state index is 0.305. The van der Waals surface area contributed by atoms with Gasteiger partial charge < -0.3 is 5.32 Å². The van der Waals surface area contributed by atoms with E-state index in [0.717, 1.165) is 19.0 Å². The van der Waals surface area contributed by atoms with E-state index in [-0.39, 0.29) is 0 Å². The Bertz CT molecular complexity index is 362. The Balaban J connectivity index is 2.28. The summed E-state index contributed by atoms with van der Waals surface area (Å²) in [5, 5.41) is 3.51. The number of rotatable bonds is 9. The molecule has 0 saturated heterocycles. The highest BCUT2D eigenvalue weighted by molar-refractivity contribution is 5.28. The van der Waals surface area contributed by atoms with Crippen molar-refractivity contribution in [1.82, 2.24) is 5.32 Å². The van der Waals surface area contributed by atoms with Gasteiger partial charge in [0.05, 0.1) is 0 Å². The van der Waals surface area contributed by atoms with Crippen molar-refractivity contribution in [3.63, 3.8) is 0 Å². The Labute approximate surface area is 126 Å². The van der Waals surface area contributed by atoms with Crippen LogP contribution >= 0.6 is 0 Å². The lowest BCUT2D eigenvalue weighted by Gasteiger charge is -2.23. The number of hydrogen-bond acceptors (Lipinski definition) is 1. The molecular formula is C19H33N. The average Bonchev–Trinajstić information content (AvgIpc) is 2.43. The Hall–Kier alpha value is -0.820. The largest absolute Gasteiger partial charge is 0.316 e. The molecule has 0 unspecified atom stereocenters. The van der Waals surface area contributed by atoms with Crippen LogP contribution in [0.15, 0.2) is 24.3 Å². The van der Waals surface area contributed by atoms with E-state index >= 15 is 0 Å². The van der Waals surface area contributed by atoms with Gasteiger partial charge in [-0.3, -0.25) is 0 Å². The first kappa shape index (κ1) is 17.2. The lowest BCUT2D eigenvalue weighted by molar-refractivity contribution is 0.506. The van der Waals surface area contributed by atoms with Crippen molar-refractivity contribution < 1.29 is 0 Å². The average molecular weight is 275 g/mol. The summed E-state index contributed by atoms with van der Waals surface area (Å²) in [6.07, 6.45) is 4.95. The molecular weight excluding hydrogens is 242 g/mol. The summed E-state index contributed by atoms with van der Waals surface area (Å²) in [6, 6.07) is 9.26. The third kappa shape index (κ3) is 6.09. The van der Waals surface area contributed by atoms with Gasteiger partial charge in [0, 0.05) is 0 Å². The first-order valence-electron chi connectivity index (χ1n) is 8.26. The number of aryl methyl sites for hydroxylation is 1. The Morgan fingerprint density at radius 1 is 1.05 bits per heavy atom. The molecule has 1 aromatic rings. The molecule has 0 heterocycles. The molecule has 0 spiro atoms. The predicted molar refractivity (Wildman–Crippen MR) is 90.4 cm³/mol. The summed E-state index contributed by atoms with van der Waals surface area (Å²) < 4.78 is 0. The number of unbranched alkanes of at least 4 members (excludes halogenated alkanes) is 1. The Morgan fingerprint density at radius 2 is 1.70 bits per heavy atom. The number of benzene rings is 1. The lowest BCUT2D eigenvalue weighted by Crippen LogP contribution is -2.20. The fraction of sp³-hybridized carbons (Fsp3) is 0.684. The fourth-order valence-electron chi connectivity index (χ4n) is 2.30. The predicted octanol–water partition coefficient (Wildman–Crippen LogP) is 4.94. The van der Waals surface area contributed by atoms with Crippen LogP contribution in [0.25, 0.3) is 0 Å². The van der Waals surface area contributed by atoms with Crippen molar-refractivity contribution >= 4 is 0 Å². The van der Waals surface area contributed by atoms with Gasteiger partial charge in [-0.2, -0.15) is 0 Å². The van der Waals surface area contributed by atoms with Gasteiger partial charge in [-0.05, 0) is 61.2 Å². The SMILES string of the molecule is CCC(C)(C)c1ccc(CCCCNCC(C)C)cc1. The van der Waals surface area contributed by atoms with Crippen molar-refractivity contribution in [2.75, 3.05) is 13.1 Å². The van der Waals surface area contributed by atoms with E-state index < -0.39 is 0 Å². The molecule has 0 aromatic heterocycles. The number of nitrogens with one attached hydrogen (secondary N) is 1. The smallest absolute Gasteiger partial charge is 0.00258 e. The van der Waals surface area contributed by atoms with E-state index in [9.17, 15) is 0 Å². The molecule has 1 N–H and O–H groups in total. The second kappa shape index (κ2) is 8.46. The fourth-order valence-corrected chi connectivity index (χ4v) is 2.30. The van der Waals surface area contributed by atoms with Gasteiger partial charge in [0.2, 0.25) is 0 Å². The maximum Gasteiger partial charge on any atom is -0.00258 e. The van der Waals surface area contributed by atoms with Crippen molar-refractivity contribution in [1.29, 1.82) is 0 Å². The zero-order chi connectivity index (χ0) is 15.0. The summed E-state index contributed by atoms with van der Waals surface area (Å²) >= 11 is 0. The molecule has 1 nitrogen and oxygen atoms in total. The van der Waals surface area contributed by atoms with E-state index in [1.54, 1.807) is 0 Å². The van der Waals surface area contributed by atoms with Crippen LogP contribution in [0.5, 0.6) is 0 Å². The molecule has 0 aliphatic heterocycles. The zero-order valence-corrected chi connectivity index (χ0v) is 14.1. The van der Waals surface area contributed by atoms with Gasteiger partial charge >= 0.3 is 0 Å². The van der Waals surface area contributed by atoms with Crippen LogP contribution in [-0.2, 0) is 11.8 Å². The Morgan fingerprint density at radius 3 is 2.25 bits per heavy atom. The first-order chi connectivity index (χ1) is 9.45. The maximum atomic E-state index is 3.51. The highest BCUT2D eigenvalue weighted by atomic mass is 14.8. The first-order valence-corrected chi connectivity index (χ1v) is 8.26. The van der Waals surface area contributed by atoms with Gasteiger partial charge in [-0.15, -0.1) is 0 Å². The lowest BCUT2D eigenvalue weighted by atomic mass is 9.82. The standard InChI is InChI=1S/C19H33N/c1-6-19(4,5)18-12-10-17(11-13-18)9-7-8-14-20-15-16(2)3/h10-13,16,20H,6-9,14-15H2,1-5H3. The number of hydrogen-bond donors (Lipinski definition) is 1. The molecule has 20 heavy (non-hydrogen) atoms. The zero-order valence-electron chi connectivity index (χ0n) is 14.1. The normalized spacial score (nSPS) is 12.1. The highest BCUT2D eigenvalue weighted by Crippen LogP contribution is 2.26. The molecule has 0 saturated carbocycles. The molecule has 0 radical (unpaired) electrons. The summed E-state index contributed by atoms with van der Waals surface area (Å²) in [7, 11) is 0. The minimum Gasteiger partial charge on any atom is -0.316 e. The third-order valence-electron chi connectivity index (χ3n) is 4.24. The maximum absolute atomic E-state index is 3.51. The van der Waals surface area contributed by atoms with Crippen LogP contribution < -0.4 is 5.32 Å². The summed E-state index contributed by atoms with van der Waals surface area (Å²) in [5.74, 6) is 0.754. The Kier molecular flexibility index (Phi) is 7.29. The van der Waals surface area contributed by atoms with E-state index in [1.165, 1.54) is 36.8 Å². The van der Waals surface area contributed by atoms with Crippen molar-refractivity contribution in [2.45, 2.75) is 65.7 Å².